The predicted molar refractivity (Wildman–Crippen MR) is 84.5 cm³/mol. The normalized spacial score (nSPS) is 10.6. The van der Waals surface area contributed by atoms with E-state index in [0.29, 0.717) is 13.1 Å². The number of carbonyl (C=O) groups is 1. The molecule has 96 valence electrons. The first-order valence-corrected chi connectivity index (χ1v) is 8.66. The van der Waals surface area contributed by atoms with Gasteiger partial charge in [0.2, 0.25) is 0 Å². The lowest BCUT2D eigenvalue weighted by Crippen LogP contribution is -2.29. The number of rotatable bonds is 4. The van der Waals surface area contributed by atoms with Gasteiger partial charge in [-0.15, -0.1) is 22.7 Å². The van der Waals surface area contributed by atoms with Crippen molar-refractivity contribution in [3.8, 4) is 0 Å². The highest BCUT2D eigenvalue weighted by Crippen LogP contribution is 2.27. The topological polar surface area (TPSA) is 20.3 Å². The summed E-state index contributed by atoms with van der Waals surface area (Å²) in [5.41, 5.74) is 0. The van der Waals surface area contributed by atoms with Crippen molar-refractivity contribution in [1.29, 1.82) is 0 Å². The Kier molecular flexibility index (Phi) is 5.00. The van der Waals surface area contributed by atoms with Crippen LogP contribution in [-0.4, -0.2) is 17.4 Å². The van der Waals surface area contributed by atoms with Gasteiger partial charge < -0.3 is 4.90 Å². The number of carbonyl (C=O) groups excluding carboxylic acids is 1. The third kappa shape index (κ3) is 3.23. The summed E-state index contributed by atoms with van der Waals surface area (Å²) in [5, 5.41) is 1.92. The van der Waals surface area contributed by atoms with Crippen molar-refractivity contribution in [1.82, 2.24) is 4.90 Å². The Morgan fingerprint density at radius 2 is 2.11 bits per heavy atom. The molecule has 0 radical (unpaired) electrons. The Hall–Kier alpha value is -0.170. The smallest absolute Gasteiger partial charge is 0.265 e. The Morgan fingerprint density at radius 1 is 1.33 bits per heavy atom. The zero-order valence-corrected chi connectivity index (χ0v) is 14.5. The highest BCUT2D eigenvalue weighted by atomic mass is 79.9. The minimum Gasteiger partial charge on any atom is -0.333 e. The van der Waals surface area contributed by atoms with Gasteiger partial charge in [0.15, 0.2) is 0 Å². The van der Waals surface area contributed by atoms with Crippen LogP contribution in [0.15, 0.2) is 31.8 Å². The summed E-state index contributed by atoms with van der Waals surface area (Å²) in [6.07, 6.45) is 0. The molecule has 0 aromatic carbocycles. The van der Waals surface area contributed by atoms with Gasteiger partial charge in [0.25, 0.3) is 5.91 Å². The number of hydrogen-bond donors (Lipinski definition) is 0. The summed E-state index contributed by atoms with van der Waals surface area (Å²) in [5.74, 6) is 0.0869. The maximum absolute atomic E-state index is 12.4. The molecule has 2 aromatic rings. The van der Waals surface area contributed by atoms with Crippen molar-refractivity contribution in [3.05, 3.63) is 41.6 Å². The van der Waals surface area contributed by atoms with Crippen LogP contribution in [0.3, 0.4) is 0 Å². The second-order valence-electron chi connectivity index (χ2n) is 3.62. The average molecular weight is 409 g/mol. The summed E-state index contributed by atoms with van der Waals surface area (Å²) in [7, 11) is 0. The van der Waals surface area contributed by atoms with Gasteiger partial charge in [0.05, 0.1) is 10.3 Å². The fourth-order valence-electron chi connectivity index (χ4n) is 1.54. The monoisotopic (exact) mass is 407 g/mol. The summed E-state index contributed by atoms with van der Waals surface area (Å²) in [6.45, 7) is 3.37. The fraction of sp³-hybridized carbons (Fsp3) is 0.250. The van der Waals surface area contributed by atoms with Gasteiger partial charge >= 0.3 is 0 Å². The fourth-order valence-corrected chi connectivity index (χ4v) is 4.55. The van der Waals surface area contributed by atoms with Crippen molar-refractivity contribution in [3.63, 3.8) is 0 Å². The predicted octanol–water partition coefficient (Wildman–Crippen LogP) is 5.00. The van der Waals surface area contributed by atoms with E-state index in [1.807, 2.05) is 35.4 Å². The molecule has 2 nitrogen and oxygen atoms in total. The molecule has 0 N–H and O–H groups in total. The standard InChI is InChI=1S/C12H11Br2NOS2/c1-2-15(7-8-3-4-10(14)18-8)12(16)11-9(13)5-6-17-11/h3-6H,2,7H2,1H3. The Balaban J connectivity index is 2.14. The third-order valence-corrected chi connectivity index (χ3v) is 5.89. The highest BCUT2D eigenvalue weighted by Gasteiger charge is 2.18. The first kappa shape index (κ1) is 14.2. The average Bonchev–Trinajstić information content (AvgIpc) is 2.94. The number of halogens is 2. The van der Waals surface area contributed by atoms with Crippen molar-refractivity contribution < 1.29 is 4.79 Å². The van der Waals surface area contributed by atoms with E-state index in [2.05, 4.69) is 31.9 Å². The molecule has 0 unspecified atom stereocenters. The minimum absolute atomic E-state index is 0.0869. The summed E-state index contributed by atoms with van der Waals surface area (Å²) < 4.78 is 1.97. The molecule has 6 heteroatoms. The lowest BCUT2D eigenvalue weighted by molar-refractivity contribution is 0.0758. The summed E-state index contributed by atoms with van der Waals surface area (Å²) in [6, 6.07) is 5.97. The Morgan fingerprint density at radius 3 is 2.61 bits per heavy atom. The number of amides is 1. The quantitative estimate of drug-likeness (QED) is 0.697. The molecule has 2 heterocycles. The van der Waals surface area contributed by atoms with Gasteiger partial charge in [-0.1, -0.05) is 0 Å². The molecule has 0 aliphatic heterocycles. The van der Waals surface area contributed by atoms with E-state index in [1.54, 1.807) is 11.3 Å². The first-order valence-electron chi connectivity index (χ1n) is 5.38. The van der Waals surface area contributed by atoms with Gasteiger partial charge in [-0.05, 0) is 62.4 Å². The van der Waals surface area contributed by atoms with Crippen LogP contribution in [-0.2, 0) is 6.54 Å². The SMILES string of the molecule is CCN(Cc1ccc(Br)s1)C(=O)c1sccc1Br. The molecule has 0 fully saturated rings. The molecule has 0 bridgehead atoms. The molecular weight excluding hydrogens is 398 g/mol. The largest absolute Gasteiger partial charge is 0.333 e. The van der Waals surface area contributed by atoms with Crippen molar-refractivity contribution in [2.45, 2.75) is 13.5 Å². The Bertz CT molecular complexity index is 550. The van der Waals surface area contributed by atoms with Crippen molar-refractivity contribution >= 4 is 60.4 Å². The summed E-state index contributed by atoms with van der Waals surface area (Å²) >= 11 is 9.99. The maximum atomic E-state index is 12.4. The van der Waals surface area contributed by atoms with Crippen LogP contribution < -0.4 is 0 Å². The molecule has 0 aliphatic carbocycles. The second-order valence-corrected chi connectivity index (χ2v) is 7.94. The van der Waals surface area contributed by atoms with Gasteiger partial charge in [0, 0.05) is 15.9 Å². The van der Waals surface area contributed by atoms with Gasteiger partial charge in [-0.3, -0.25) is 4.79 Å². The summed E-state index contributed by atoms with van der Waals surface area (Å²) in [4.78, 5) is 16.2. The van der Waals surface area contributed by atoms with E-state index in [1.165, 1.54) is 16.2 Å². The molecule has 18 heavy (non-hydrogen) atoms. The lowest BCUT2D eigenvalue weighted by atomic mass is 10.3. The Labute approximate surface area is 131 Å². The molecule has 0 atom stereocenters. The molecule has 1 amide bonds. The van der Waals surface area contributed by atoms with Crippen LogP contribution in [0, 0.1) is 0 Å². The van der Waals surface area contributed by atoms with Gasteiger partial charge in [-0.2, -0.15) is 0 Å². The van der Waals surface area contributed by atoms with Crippen LogP contribution in [0.5, 0.6) is 0 Å². The van der Waals surface area contributed by atoms with Crippen LogP contribution >= 0.6 is 54.5 Å². The lowest BCUT2D eigenvalue weighted by Gasteiger charge is -2.19. The van der Waals surface area contributed by atoms with Crippen LogP contribution in [0.25, 0.3) is 0 Å². The molecule has 2 aromatic heterocycles. The van der Waals surface area contributed by atoms with Gasteiger partial charge in [-0.25, -0.2) is 0 Å². The first-order chi connectivity index (χ1) is 8.61. The molecule has 2 rings (SSSR count). The van der Waals surface area contributed by atoms with E-state index >= 15 is 0 Å². The van der Waals surface area contributed by atoms with Crippen molar-refractivity contribution in [2.75, 3.05) is 6.54 Å². The molecule has 0 aliphatic rings. The molecular formula is C12H11Br2NOS2. The van der Waals surface area contributed by atoms with E-state index in [0.717, 1.165) is 13.1 Å². The van der Waals surface area contributed by atoms with Crippen LogP contribution in [0.2, 0.25) is 0 Å². The van der Waals surface area contributed by atoms with Crippen LogP contribution in [0.1, 0.15) is 21.5 Å². The van der Waals surface area contributed by atoms with E-state index in [4.69, 9.17) is 0 Å². The number of thiophene rings is 2. The van der Waals surface area contributed by atoms with Crippen LogP contribution in [0.4, 0.5) is 0 Å². The maximum Gasteiger partial charge on any atom is 0.265 e. The molecule has 0 saturated carbocycles. The zero-order valence-electron chi connectivity index (χ0n) is 9.65. The molecule has 0 saturated heterocycles. The van der Waals surface area contributed by atoms with E-state index in [9.17, 15) is 4.79 Å². The molecule has 0 spiro atoms. The van der Waals surface area contributed by atoms with E-state index < -0.39 is 0 Å². The van der Waals surface area contributed by atoms with Crippen molar-refractivity contribution in [2.24, 2.45) is 0 Å². The zero-order chi connectivity index (χ0) is 13.1. The van der Waals surface area contributed by atoms with E-state index in [-0.39, 0.29) is 5.91 Å². The number of hydrogen-bond acceptors (Lipinski definition) is 3. The second kappa shape index (κ2) is 6.32. The minimum atomic E-state index is 0.0869. The number of nitrogens with zero attached hydrogens (tertiary/aromatic N) is 1. The third-order valence-electron chi connectivity index (χ3n) is 2.46. The van der Waals surface area contributed by atoms with Gasteiger partial charge in [0.1, 0.15) is 4.88 Å². The highest BCUT2D eigenvalue weighted by molar-refractivity contribution is 9.11.